The average Bonchev–Trinajstić information content (AvgIpc) is 2.92. The minimum absolute atomic E-state index is 0.588. The van der Waals surface area contributed by atoms with Crippen molar-refractivity contribution in [2.45, 2.75) is 13.3 Å². The zero-order chi connectivity index (χ0) is 14.7. The minimum Gasteiger partial charge on any atom is -0.369 e. The molecule has 108 valence electrons. The van der Waals surface area contributed by atoms with E-state index in [0.29, 0.717) is 30.6 Å². The number of hydrogen-bond acceptors (Lipinski definition) is 7. The molecule has 0 aliphatic heterocycles. The number of hydrogen-bond donors (Lipinski definition) is 2. The summed E-state index contributed by atoms with van der Waals surface area (Å²) in [6.07, 6.45) is 0.647. The first-order valence-electron chi connectivity index (χ1n) is 6.74. The molecule has 0 unspecified atom stereocenters. The summed E-state index contributed by atoms with van der Waals surface area (Å²) < 4.78 is 5.09. The molecule has 0 fully saturated rings. The third-order valence-corrected chi connectivity index (χ3v) is 3.03. The standard InChI is InChI=1S/C14H16N6O/c1-9-17-12(21-20-9)7-8-16-13-10-5-3-4-6-11(10)18-14(15-2)19-13/h3-6H,7-8H2,1-2H3,(H2,15,16,18,19). The van der Waals surface area contributed by atoms with Crippen LogP contribution in [0.5, 0.6) is 0 Å². The van der Waals surface area contributed by atoms with Crippen LogP contribution >= 0.6 is 0 Å². The van der Waals surface area contributed by atoms with Crippen molar-refractivity contribution in [3.63, 3.8) is 0 Å². The lowest BCUT2D eigenvalue weighted by atomic mass is 10.2. The van der Waals surface area contributed by atoms with E-state index in [4.69, 9.17) is 4.52 Å². The van der Waals surface area contributed by atoms with Gasteiger partial charge in [0.05, 0.1) is 5.52 Å². The van der Waals surface area contributed by atoms with Crippen molar-refractivity contribution in [3.05, 3.63) is 36.0 Å². The minimum atomic E-state index is 0.588. The van der Waals surface area contributed by atoms with Gasteiger partial charge < -0.3 is 15.2 Å². The van der Waals surface area contributed by atoms with Gasteiger partial charge in [-0.1, -0.05) is 17.3 Å². The number of rotatable bonds is 5. The van der Waals surface area contributed by atoms with Gasteiger partial charge in [0.25, 0.3) is 0 Å². The molecule has 0 aliphatic carbocycles. The largest absolute Gasteiger partial charge is 0.369 e. The van der Waals surface area contributed by atoms with Gasteiger partial charge in [0, 0.05) is 25.4 Å². The number of benzene rings is 1. The zero-order valence-electron chi connectivity index (χ0n) is 11.9. The summed E-state index contributed by atoms with van der Waals surface area (Å²) in [6.45, 7) is 2.46. The van der Waals surface area contributed by atoms with Crippen LogP contribution in [0.15, 0.2) is 28.8 Å². The van der Waals surface area contributed by atoms with E-state index in [1.54, 1.807) is 14.0 Å². The van der Waals surface area contributed by atoms with Crippen LogP contribution in [0.4, 0.5) is 11.8 Å². The summed E-state index contributed by atoms with van der Waals surface area (Å²) in [4.78, 5) is 13.1. The average molecular weight is 284 g/mol. The van der Waals surface area contributed by atoms with E-state index >= 15 is 0 Å². The Kier molecular flexibility index (Phi) is 3.63. The second-order valence-corrected chi connectivity index (χ2v) is 4.58. The molecule has 2 aromatic heterocycles. The van der Waals surface area contributed by atoms with Crippen LogP contribution in [0.1, 0.15) is 11.7 Å². The number of anilines is 2. The Bertz CT molecular complexity index is 754. The van der Waals surface area contributed by atoms with Crippen LogP contribution < -0.4 is 10.6 Å². The fourth-order valence-electron chi connectivity index (χ4n) is 2.05. The monoisotopic (exact) mass is 284 g/mol. The Balaban J connectivity index is 1.79. The highest BCUT2D eigenvalue weighted by Crippen LogP contribution is 2.21. The molecule has 2 N–H and O–H groups in total. The normalized spacial score (nSPS) is 10.8. The van der Waals surface area contributed by atoms with E-state index in [1.807, 2.05) is 24.3 Å². The molecule has 0 radical (unpaired) electrons. The molecule has 0 saturated heterocycles. The maximum Gasteiger partial charge on any atom is 0.228 e. The predicted molar refractivity (Wildman–Crippen MR) is 80.3 cm³/mol. The van der Waals surface area contributed by atoms with Gasteiger partial charge in [0.15, 0.2) is 5.82 Å². The Hall–Kier alpha value is -2.70. The summed E-state index contributed by atoms with van der Waals surface area (Å²) in [5, 5.41) is 11.0. The van der Waals surface area contributed by atoms with Crippen molar-refractivity contribution in [3.8, 4) is 0 Å². The lowest BCUT2D eigenvalue weighted by Crippen LogP contribution is -2.09. The summed E-state index contributed by atoms with van der Waals surface area (Å²) in [5.41, 5.74) is 0.896. The van der Waals surface area contributed by atoms with Gasteiger partial charge in [-0.05, 0) is 19.1 Å². The molecule has 1 aromatic carbocycles. The smallest absolute Gasteiger partial charge is 0.228 e. The quantitative estimate of drug-likeness (QED) is 0.740. The van der Waals surface area contributed by atoms with Crippen molar-refractivity contribution >= 4 is 22.7 Å². The maximum absolute atomic E-state index is 5.09. The van der Waals surface area contributed by atoms with Crippen LogP contribution in [0, 0.1) is 6.92 Å². The Morgan fingerprint density at radius 1 is 1.14 bits per heavy atom. The zero-order valence-corrected chi connectivity index (χ0v) is 11.9. The molecular weight excluding hydrogens is 268 g/mol. The van der Waals surface area contributed by atoms with Crippen LogP contribution in [0.3, 0.4) is 0 Å². The van der Waals surface area contributed by atoms with Gasteiger partial charge in [-0.3, -0.25) is 0 Å². The Morgan fingerprint density at radius 3 is 2.76 bits per heavy atom. The van der Waals surface area contributed by atoms with Gasteiger partial charge >= 0.3 is 0 Å². The number of nitrogens with one attached hydrogen (secondary N) is 2. The SMILES string of the molecule is CNc1nc(NCCc2nc(C)no2)c2ccccc2n1. The molecule has 7 heteroatoms. The van der Waals surface area contributed by atoms with E-state index < -0.39 is 0 Å². The third kappa shape index (κ3) is 2.91. The highest BCUT2D eigenvalue weighted by Gasteiger charge is 2.07. The van der Waals surface area contributed by atoms with Gasteiger partial charge in [-0.15, -0.1) is 0 Å². The second kappa shape index (κ2) is 5.74. The van der Waals surface area contributed by atoms with Crippen molar-refractivity contribution in [1.29, 1.82) is 0 Å². The third-order valence-electron chi connectivity index (χ3n) is 3.03. The van der Waals surface area contributed by atoms with E-state index in [0.717, 1.165) is 16.7 Å². The molecular formula is C14H16N6O. The maximum atomic E-state index is 5.09. The van der Waals surface area contributed by atoms with Crippen molar-refractivity contribution < 1.29 is 4.52 Å². The highest BCUT2D eigenvalue weighted by atomic mass is 16.5. The van der Waals surface area contributed by atoms with Crippen LogP contribution in [0.25, 0.3) is 10.9 Å². The van der Waals surface area contributed by atoms with Gasteiger partial charge in [0.2, 0.25) is 11.8 Å². The Morgan fingerprint density at radius 2 is 2.00 bits per heavy atom. The molecule has 0 bridgehead atoms. The van der Waals surface area contributed by atoms with E-state index in [-0.39, 0.29) is 0 Å². The van der Waals surface area contributed by atoms with Crippen molar-refractivity contribution in [2.24, 2.45) is 0 Å². The number of aryl methyl sites for hydroxylation is 1. The fourth-order valence-corrected chi connectivity index (χ4v) is 2.05. The predicted octanol–water partition coefficient (Wildman–Crippen LogP) is 2.02. The van der Waals surface area contributed by atoms with Crippen LogP contribution in [0.2, 0.25) is 0 Å². The highest BCUT2D eigenvalue weighted by molar-refractivity contribution is 5.89. The molecule has 0 amide bonds. The molecule has 3 aromatic rings. The summed E-state index contributed by atoms with van der Waals surface area (Å²) in [5.74, 6) is 2.65. The molecule has 7 nitrogen and oxygen atoms in total. The van der Waals surface area contributed by atoms with Gasteiger partial charge in [-0.2, -0.15) is 9.97 Å². The van der Waals surface area contributed by atoms with E-state index in [9.17, 15) is 0 Å². The van der Waals surface area contributed by atoms with Crippen LogP contribution in [-0.2, 0) is 6.42 Å². The fraction of sp³-hybridized carbons (Fsp3) is 0.286. The summed E-state index contributed by atoms with van der Waals surface area (Å²) in [6, 6.07) is 7.88. The number of aromatic nitrogens is 4. The molecule has 21 heavy (non-hydrogen) atoms. The molecule has 0 saturated carbocycles. The lowest BCUT2D eigenvalue weighted by Gasteiger charge is -2.09. The van der Waals surface area contributed by atoms with Gasteiger partial charge in [-0.25, -0.2) is 4.98 Å². The topological polar surface area (TPSA) is 88.8 Å². The van der Waals surface area contributed by atoms with Gasteiger partial charge in [0.1, 0.15) is 5.82 Å². The first-order valence-corrected chi connectivity index (χ1v) is 6.74. The molecule has 0 aliphatic rings. The van der Waals surface area contributed by atoms with E-state index in [2.05, 4.69) is 30.7 Å². The first-order chi connectivity index (χ1) is 10.3. The van der Waals surface area contributed by atoms with Crippen molar-refractivity contribution in [2.75, 3.05) is 24.2 Å². The lowest BCUT2D eigenvalue weighted by molar-refractivity contribution is 0.377. The van der Waals surface area contributed by atoms with Crippen molar-refractivity contribution in [1.82, 2.24) is 20.1 Å². The molecule has 2 heterocycles. The molecule has 0 spiro atoms. The summed E-state index contributed by atoms with van der Waals surface area (Å²) >= 11 is 0. The Labute approximate surface area is 121 Å². The number of nitrogens with zero attached hydrogens (tertiary/aromatic N) is 4. The molecule has 0 atom stereocenters. The first kappa shape index (κ1) is 13.3. The van der Waals surface area contributed by atoms with E-state index in [1.165, 1.54) is 0 Å². The number of fused-ring (bicyclic) bond motifs is 1. The van der Waals surface area contributed by atoms with Crippen LogP contribution in [-0.4, -0.2) is 33.7 Å². The summed E-state index contributed by atoms with van der Waals surface area (Å²) in [7, 11) is 1.80. The second-order valence-electron chi connectivity index (χ2n) is 4.58. The molecule has 3 rings (SSSR count). The number of para-hydroxylation sites is 1.